The predicted molar refractivity (Wildman–Crippen MR) is 136 cm³/mol. The highest BCUT2D eigenvalue weighted by atomic mass is 32.2. The summed E-state index contributed by atoms with van der Waals surface area (Å²) in [5.74, 6) is -6.83. The van der Waals surface area contributed by atoms with E-state index in [9.17, 15) is 0 Å². The Hall–Kier alpha value is -3.98. The SMILES string of the molecule is N#CC(C#N)=c1ccc2c(c1)C(F)(F)c1cc3c(cc1=2)C(F)(F)c1cc(=C2Sc4ccccc4S2)ccc1=3. The number of thioether (sulfide) groups is 2. The van der Waals surface area contributed by atoms with Crippen molar-refractivity contribution in [2.75, 3.05) is 0 Å². The van der Waals surface area contributed by atoms with Crippen LogP contribution < -0.4 is 10.4 Å². The molecule has 4 aromatic rings. The van der Waals surface area contributed by atoms with E-state index in [1.807, 2.05) is 24.3 Å². The van der Waals surface area contributed by atoms with Crippen LogP contribution in [0.5, 0.6) is 0 Å². The van der Waals surface area contributed by atoms with Crippen molar-refractivity contribution in [2.24, 2.45) is 0 Å². The van der Waals surface area contributed by atoms with E-state index in [1.165, 1.54) is 53.9 Å². The number of hydrogen-bond acceptors (Lipinski definition) is 4. The predicted octanol–water partition coefficient (Wildman–Crippen LogP) is 6.33. The minimum absolute atomic E-state index is 0.0326. The Labute approximate surface area is 221 Å². The molecule has 0 saturated carbocycles. The van der Waals surface area contributed by atoms with E-state index >= 15 is 17.6 Å². The third kappa shape index (κ3) is 3.02. The lowest BCUT2D eigenvalue weighted by atomic mass is 10.0. The van der Waals surface area contributed by atoms with Crippen LogP contribution in [0.4, 0.5) is 17.6 Å². The van der Waals surface area contributed by atoms with Crippen LogP contribution in [-0.4, -0.2) is 0 Å². The van der Waals surface area contributed by atoms with Gasteiger partial charge in [0.2, 0.25) is 0 Å². The van der Waals surface area contributed by atoms with Gasteiger partial charge in [0.15, 0.2) is 0 Å². The molecule has 2 nitrogen and oxygen atoms in total. The Kier molecular flexibility index (Phi) is 4.73. The molecule has 0 N–H and O–H groups in total. The van der Waals surface area contributed by atoms with Crippen molar-refractivity contribution in [3.05, 3.63) is 126 Å². The Bertz CT molecular complexity index is 2130. The molecule has 0 aromatic heterocycles. The van der Waals surface area contributed by atoms with Gasteiger partial charge in [0.25, 0.3) is 11.8 Å². The summed E-state index contributed by atoms with van der Waals surface area (Å²) in [5.41, 5.74) is -1.56. The molecule has 8 heteroatoms. The summed E-state index contributed by atoms with van der Waals surface area (Å²) in [7, 11) is 0. The molecule has 2 aliphatic carbocycles. The standard InChI is InChI=1S/C30H12F4N2S2/c31-29(32)22-9-15(17(13-35)14-36)5-7-18(22)20-11-25-21(12-24(20)29)19-8-6-16(10-23(19)30(25,33)34)28-37-26-3-1-2-4-27(26)38-28/h1-12H. The summed E-state index contributed by atoms with van der Waals surface area (Å²) >= 11 is 3.06. The van der Waals surface area contributed by atoms with Crippen molar-refractivity contribution in [2.45, 2.75) is 21.6 Å². The summed E-state index contributed by atoms with van der Waals surface area (Å²) in [6, 6.07) is 22.3. The zero-order valence-electron chi connectivity index (χ0n) is 19.2. The Morgan fingerprint density at radius 3 is 1.66 bits per heavy atom. The molecule has 0 bridgehead atoms. The van der Waals surface area contributed by atoms with E-state index in [4.69, 9.17) is 10.5 Å². The molecule has 4 aromatic carbocycles. The molecule has 3 aliphatic rings. The van der Waals surface area contributed by atoms with Gasteiger partial charge >= 0.3 is 0 Å². The number of benzene rings is 4. The first-order valence-electron chi connectivity index (χ1n) is 11.5. The monoisotopic (exact) mass is 540 g/mol. The summed E-state index contributed by atoms with van der Waals surface area (Å²) < 4.78 is 63.9. The lowest BCUT2D eigenvalue weighted by Crippen LogP contribution is -2.17. The zero-order valence-corrected chi connectivity index (χ0v) is 20.8. The third-order valence-corrected chi connectivity index (χ3v) is 9.76. The maximum Gasteiger partial charge on any atom is 0.299 e. The molecular weight excluding hydrogens is 528 g/mol. The number of rotatable bonds is 0. The molecule has 1 heterocycles. The maximum atomic E-state index is 15.9. The van der Waals surface area contributed by atoms with Crippen LogP contribution in [-0.2, 0) is 11.8 Å². The highest BCUT2D eigenvalue weighted by molar-refractivity contribution is 8.32. The lowest BCUT2D eigenvalue weighted by Gasteiger charge is -2.15. The summed E-state index contributed by atoms with van der Waals surface area (Å²) in [6.45, 7) is 0. The van der Waals surface area contributed by atoms with Crippen molar-refractivity contribution in [3.8, 4) is 12.1 Å². The normalized spacial score (nSPS) is 16.5. The van der Waals surface area contributed by atoms with E-state index in [2.05, 4.69) is 0 Å². The van der Waals surface area contributed by atoms with Crippen LogP contribution in [0.15, 0.2) is 82.6 Å². The van der Waals surface area contributed by atoms with Gasteiger partial charge < -0.3 is 0 Å². The third-order valence-electron chi connectivity index (χ3n) is 7.13. The van der Waals surface area contributed by atoms with E-state index < -0.39 is 17.4 Å². The van der Waals surface area contributed by atoms with E-state index in [-0.39, 0.29) is 48.4 Å². The molecular formula is C30H12F4N2S2. The quantitative estimate of drug-likeness (QED) is 0.245. The second kappa shape index (κ2) is 7.77. The average molecular weight is 541 g/mol. The van der Waals surface area contributed by atoms with Crippen LogP contribution in [0.3, 0.4) is 0 Å². The average Bonchev–Trinajstić information content (AvgIpc) is 3.52. The summed E-state index contributed by atoms with van der Waals surface area (Å²) in [6.07, 6.45) is 0. The van der Waals surface area contributed by atoms with Gasteiger partial charge in [-0.05, 0) is 62.5 Å². The van der Waals surface area contributed by atoms with Crippen molar-refractivity contribution in [3.63, 3.8) is 0 Å². The highest BCUT2D eigenvalue weighted by Crippen LogP contribution is 2.52. The van der Waals surface area contributed by atoms with Gasteiger partial charge in [0, 0.05) is 37.3 Å². The van der Waals surface area contributed by atoms with Crippen molar-refractivity contribution < 1.29 is 17.6 Å². The second-order valence-electron chi connectivity index (χ2n) is 9.15. The number of nitriles is 2. The minimum Gasteiger partial charge on any atom is -0.196 e. The summed E-state index contributed by atoms with van der Waals surface area (Å²) in [4.78, 5) is 2.13. The number of nitrogens with zero attached hydrogens (tertiary/aromatic N) is 2. The molecule has 0 spiro atoms. The van der Waals surface area contributed by atoms with Gasteiger partial charge in [-0.15, -0.1) is 0 Å². The minimum atomic E-state index is -3.47. The zero-order chi connectivity index (χ0) is 26.4. The lowest BCUT2D eigenvalue weighted by molar-refractivity contribution is 0.0416. The fourth-order valence-corrected chi connectivity index (χ4v) is 7.80. The van der Waals surface area contributed by atoms with E-state index in [0.717, 1.165) is 20.1 Å². The van der Waals surface area contributed by atoms with Gasteiger partial charge in [-0.2, -0.15) is 28.1 Å². The molecule has 7 rings (SSSR count). The van der Waals surface area contributed by atoms with Crippen LogP contribution in [0, 0.1) is 43.5 Å². The molecule has 0 fully saturated rings. The Morgan fingerprint density at radius 2 is 1.11 bits per heavy atom. The molecule has 182 valence electrons. The molecule has 0 saturated heterocycles. The number of halogens is 4. The van der Waals surface area contributed by atoms with Crippen molar-refractivity contribution in [1.82, 2.24) is 0 Å². The number of alkyl halides is 4. The van der Waals surface area contributed by atoms with Crippen molar-refractivity contribution >= 4 is 33.3 Å². The molecule has 0 unspecified atom stereocenters. The Morgan fingerprint density at radius 1 is 0.605 bits per heavy atom. The second-order valence-corrected chi connectivity index (χ2v) is 11.5. The smallest absolute Gasteiger partial charge is 0.196 e. The molecule has 0 atom stereocenters. The van der Waals surface area contributed by atoms with Gasteiger partial charge in [0.1, 0.15) is 17.7 Å². The van der Waals surface area contributed by atoms with Crippen LogP contribution in [0.25, 0.3) is 9.81 Å². The molecule has 1 aliphatic heterocycles. The van der Waals surface area contributed by atoms with Gasteiger partial charge in [-0.1, -0.05) is 59.9 Å². The van der Waals surface area contributed by atoms with Crippen LogP contribution in [0.1, 0.15) is 22.3 Å². The Balaban J connectivity index is 1.49. The topological polar surface area (TPSA) is 47.6 Å². The fraction of sp³-hybridized carbons (Fsp3) is 0.0667. The van der Waals surface area contributed by atoms with Crippen molar-refractivity contribution in [1.29, 1.82) is 10.5 Å². The first kappa shape index (κ1) is 23.2. The largest absolute Gasteiger partial charge is 0.299 e. The fourth-order valence-electron chi connectivity index (χ4n) is 5.33. The maximum absolute atomic E-state index is 15.9. The van der Waals surface area contributed by atoms with E-state index in [1.54, 1.807) is 24.3 Å². The first-order chi connectivity index (χ1) is 18.2. The molecule has 0 amide bonds. The van der Waals surface area contributed by atoms with Gasteiger partial charge in [0.05, 0.1) is 4.24 Å². The number of hydrogen-bond donors (Lipinski definition) is 0. The van der Waals surface area contributed by atoms with Crippen LogP contribution in [0.2, 0.25) is 0 Å². The van der Waals surface area contributed by atoms with E-state index in [0.29, 0.717) is 5.22 Å². The molecule has 38 heavy (non-hydrogen) atoms. The number of fused-ring (bicyclic) bond motifs is 5. The first-order valence-corrected chi connectivity index (χ1v) is 13.1. The van der Waals surface area contributed by atoms with Crippen LogP contribution >= 0.6 is 23.5 Å². The molecule has 0 radical (unpaired) electrons. The van der Waals surface area contributed by atoms with Gasteiger partial charge in [-0.25, -0.2) is 0 Å². The van der Waals surface area contributed by atoms with Gasteiger partial charge in [-0.3, -0.25) is 0 Å². The summed E-state index contributed by atoms with van der Waals surface area (Å²) in [5, 5.41) is 19.5. The highest BCUT2D eigenvalue weighted by Gasteiger charge is 2.45.